The van der Waals surface area contributed by atoms with Gasteiger partial charge in [0.1, 0.15) is 0 Å². The molecule has 0 radical (unpaired) electrons. The lowest BCUT2D eigenvalue weighted by Crippen LogP contribution is -2.08. The molecule has 0 unspecified atom stereocenters. The quantitative estimate of drug-likeness (QED) is 0.571. The van der Waals surface area contributed by atoms with Gasteiger partial charge in [0.25, 0.3) is 0 Å². The smallest absolute Gasteiger partial charge is 0.00556 e. The summed E-state index contributed by atoms with van der Waals surface area (Å²) in [4.78, 5) is 2.05. The minimum atomic E-state index is 0.251. The van der Waals surface area contributed by atoms with Gasteiger partial charge in [0.15, 0.2) is 0 Å². The highest BCUT2D eigenvalue weighted by Crippen LogP contribution is 2.25. The fourth-order valence-corrected chi connectivity index (χ4v) is 1.01. The molecule has 0 atom stereocenters. The molecule has 0 spiro atoms. The molecule has 0 fully saturated rings. The molecule has 0 heterocycles. The van der Waals surface area contributed by atoms with E-state index in [4.69, 9.17) is 0 Å². The van der Waals surface area contributed by atoms with Gasteiger partial charge in [-0.15, -0.1) is 0 Å². The van der Waals surface area contributed by atoms with Crippen LogP contribution in [0.4, 0.5) is 0 Å². The Balaban J connectivity index is 4.42. The van der Waals surface area contributed by atoms with Crippen LogP contribution < -0.4 is 0 Å². The number of allylic oxidation sites excluding steroid dienone is 3. The molecule has 12 heavy (non-hydrogen) atoms. The van der Waals surface area contributed by atoms with E-state index in [2.05, 4.69) is 50.9 Å². The van der Waals surface area contributed by atoms with Crippen molar-refractivity contribution in [3.05, 3.63) is 23.9 Å². The zero-order valence-corrected chi connectivity index (χ0v) is 9.18. The van der Waals surface area contributed by atoms with Gasteiger partial charge in [-0.25, -0.2) is 0 Å². The zero-order valence-electron chi connectivity index (χ0n) is 9.18. The van der Waals surface area contributed by atoms with Gasteiger partial charge in [-0.2, -0.15) is 0 Å². The minimum absolute atomic E-state index is 0.251. The number of hydrogen-bond donors (Lipinski definition) is 0. The lowest BCUT2D eigenvalue weighted by molar-refractivity contribution is 0.509. The summed E-state index contributed by atoms with van der Waals surface area (Å²) in [5, 5.41) is 0. The first-order valence-corrected chi connectivity index (χ1v) is 4.39. The Bertz CT molecular complexity index is 180. The topological polar surface area (TPSA) is 3.24 Å². The minimum Gasteiger partial charge on any atom is -0.383 e. The van der Waals surface area contributed by atoms with Crippen LogP contribution in [0.1, 0.15) is 27.7 Å². The molecule has 70 valence electrons. The van der Waals surface area contributed by atoms with E-state index in [-0.39, 0.29) is 5.41 Å². The molecule has 0 aromatic rings. The highest BCUT2D eigenvalue weighted by atomic mass is 15.0. The van der Waals surface area contributed by atoms with Crippen molar-refractivity contribution < 1.29 is 0 Å². The maximum absolute atomic E-state index is 2.22. The van der Waals surface area contributed by atoms with Crippen LogP contribution in [0, 0.1) is 5.41 Å². The molecule has 1 heteroatoms. The van der Waals surface area contributed by atoms with Crippen molar-refractivity contribution in [1.29, 1.82) is 0 Å². The van der Waals surface area contributed by atoms with E-state index in [1.807, 2.05) is 14.1 Å². The van der Waals surface area contributed by atoms with E-state index in [1.54, 1.807) is 0 Å². The third-order valence-electron chi connectivity index (χ3n) is 1.73. The van der Waals surface area contributed by atoms with Gasteiger partial charge < -0.3 is 4.90 Å². The molecule has 0 aromatic carbocycles. The SMILES string of the molecule is C/C=C(\C=C/N(C)C)C(C)(C)C. The second-order valence-electron chi connectivity index (χ2n) is 4.27. The predicted molar refractivity (Wildman–Crippen MR) is 56.0 cm³/mol. The van der Waals surface area contributed by atoms with Crippen molar-refractivity contribution >= 4 is 0 Å². The molecule has 0 bridgehead atoms. The fourth-order valence-electron chi connectivity index (χ4n) is 1.01. The average Bonchev–Trinajstić information content (AvgIpc) is 1.85. The normalized spacial score (nSPS) is 14.0. The van der Waals surface area contributed by atoms with Gasteiger partial charge >= 0.3 is 0 Å². The summed E-state index contributed by atoms with van der Waals surface area (Å²) in [5.74, 6) is 0. The first-order chi connectivity index (χ1) is 5.38. The molecule has 0 aliphatic heterocycles. The standard InChI is InChI=1S/C11H21N/c1-7-10(11(2,3)4)8-9-12(5)6/h7-9H,1-6H3/b9-8-,10-7+. The summed E-state index contributed by atoms with van der Waals surface area (Å²) in [6.07, 6.45) is 6.42. The van der Waals surface area contributed by atoms with E-state index in [0.29, 0.717) is 0 Å². The first kappa shape index (κ1) is 11.3. The van der Waals surface area contributed by atoms with Crippen molar-refractivity contribution in [1.82, 2.24) is 4.90 Å². The van der Waals surface area contributed by atoms with Crippen molar-refractivity contribution in [2.24, 2.45) is 5.41 Å². The van der Waals surface area contributed by atoms with Crippen LogP contribution in [0.2, 0.25) is 0 Å². The van der Waals surface area contributed by atoms with Gasteiger partial charge in [-0.1, -0.05) is 26.8 Å². The van der Waals surface area contributed by atoms with Crippen LogP contribution in [0.25, 0.3) is 0 Å². The molecule has 0 aliphatic rings. The highest BCUT2D eigenvalue weighted by molar-refractivity contribution is 5.23. The molecule has 0 amide bonds. The molecule has 0 N–H and O–H groups in total. The predicted octanol–water partition coefficient (Wildman–Crippen LogP) is 3.05. The van der Waals surface area contributed by atoms with Crippen molar-refractivity contribution in [2.75, 3.05) is 14.1 Å². The fraction of sp³-hybridized carbons (Fsp3) is 0.636. The van der Waals surface area contributed by atoms with Crippen molar-refractivity contribution in [3.8, 4) is 0 Å². The Morgan fingerprint density at radius 1 is 1.17 bits per heavy atom. The third-order valence-corrected chi connectivity index (χ3v) is 1.73. The summed E-state index contributed by atoms with van der Waals surface area (Å²) in [7, 11) is 4.07. The third kappa shape index (κ3) is 4.22. The van der Waals surface area contributed by atoms with Gasteiger partial charge in [-0.3, -0.25) is 0 Å². The Kier molecular flexibility index (Phi) is 4.08. The van der Waals surface area contributed by atoms with Gasteiger partial charge in [0.05, 0.1) is 0 Å². The average molecular weight is 167 g/mol. The lowest BCUT2D eigenvalue weighted by atomic mass is 9.86. The summed E-state index contributed by atoms with van der Waals surface area (Å²) in [6, 6.07) is 0. The largest absolute Gasteiger partial charge is 0.383 e. The van der Waals surface area contributed by atoms with Crippen molar-refractivity contribution in [2.45, 2.75) is 27.7 Å². The maximum atomic E-state index is 2.22. The summed E-state index contributed by atoms with van der Waals surface area (Å²) < 4.78 is 0. The molecular weight excluding hydrogens is 146 g/mol. The van der Waals surface area contributed by atoms with Crippen LogP contribution in [0.5, 0.6) is 0 Å². The molecule has 0 aromatic heterocycles. The van der Waals surface area contributed by atoms with Crippen LogP contribution >= 0.6 is 0 Å². The van der Waals surface area contributed by atoms with Crippen LogP contribution in [-0.4, -0.2) is 19.0 Å². The van der Waals surface area contributed by atoms with Crippen molar-refractivity contribution in [3.63, 3.8) is 0 Å². The van der Waals surface area contributed by atoms with E-state index >= 15 is 0 Å². The van der Waals surface area contributed by atoms with Gasteiger partial charge in [0, 0.05) is 14.1 Å². The molecule has 0 saturated heterocycles. The second kappa shape index (κ2) is 4.34. The highest BCUT2D eigenvalue weighted by Gasteiger charge is 2.12. The zero-order chi connectivity index (χ0) is 9.78. The lowest BCUT2D eigenvalue weighted by Gasteiger charge is -2.20. The maximum Gasteiger partial charge on any atom is 0.00556 e. The van der Waals surface area contributed by atoms with Crippen LogP contribution in [0.3, 0.4) is 0 Å². The summed E-state index contributed by atoms with van der Waals surface area (Å²) in [5.41, 5.74) is 1.62. The Labute approximate surface area is 76.8 Å². The van der Waals surface area contributed by atoms with E-state index < -0.39 is 0 Å². The van der Waals surface area contributed by atoms with E-state index in [9.17, 15) is 0 Å². The number of hydrogen-bond acceptors (Lipinski definition) is 1. The van der Waals surface area contributed by atoms with Gasteiger partial charge in [-0.05, 0) is 30.2 Å². The number of rotatable bonds is 2. The molecule has 0 aliphatic carbocycles. The Morgan fingerprint density at radius 3 is 1.92 bits per heavy atom. The molecular formula is C11H21N. The monoisotopic (exact) mass is 167 g/mol. The van der Waals surface area contributed by atoms with Crippen LogP contribution in [-0.2, 0) is 0 Å². The number of nitrogens with zero attached hydrogens (tertiary/aromatic N) is 1. The van der Waals surface area contributed by atoms with E-state index in [1.165, 1.54) is 5.57 Å². The summed E-state index contributed by atoms with van der Waals surface area (Å²) >= 11 is 0. The van der Waals surface area contributed by atoms with E-state index in [0.717, 1.165) is 0 Å². The first-order valence-electron chi connectivity index (χ1n) is 4.39. The molecule has 0 rings (SSSR count). The second-order valence-corrected chi connectivity index (χ2v) is 4.27. The molecule has 0 saturated carbocycles. The molecule has 1 nitrogen and oxygen atoms in total. The Hall–Kier alpha value is -0.720. The van der Waals surface area contributed by atoms with Crippen LogP contribution in [0.15, 0.2) is 23.9 Å². The summed E-state index contributed by atoms with van der Waals surface area (Å²) in [6.45, 7) is 8.76. The van der Waals surface area contributed by atoms with Gasteiger partial charge in [0.2, 0.25) is 0 Å². The Morgan fingerprint density at radius 2 is 1.67 bits per heavy atom.